The smallest absolute Gasteiger partial charge is 0.151 e. The van der Waals surface area contributed by atoms with Crippen LogP contribution in [0.15, 0.2) is 36.7 Å². The molecule has 0 bridgehead atoms. The predicted molar refractivity (Wildman–Crippen MR) is 88.5 cm³/mol. The number of rotatable bonds is 2. The molecule has 6 heteroatoms. The number of hydrogen-bond acceptors (Lipinski definition) is 3. The summed E-state index contributed by atoms with van der Waals surface area (Å²) in [6, 6.07) is 9.86. The zero-order valence-electron chi connectivity index (χ0n) is 11.6. The molecule has 0 saturated carbocycles. The molecule has 0 N–H and O–H groups in total. The van der Waals surface area contributed by atoms with E-state index in [2.05, 4.69) is 16.0 Å². The number of pyridine rings is 1. The van der Waals surface area contributed by atoms with Crippen LogP contribution in [-0.2, 0) is 7.05 Å². The summed E-state index contributed by atoms with van der Waals surface area (Å²) in [5.74, 6) is 0.563. The third kappa shape index (κ3) is 2.45. The van der Waals surface area contributed by atoms with E-state index in [1.54, 1.807) is 6.08 Å². The van der Waals surface area contributed by atoms with Crippen LogP contribution in [0.3, 0.4) is 0 Å². The molecule has 0 fully saturated rings. The molecule has 4 nitrogen and oxygen atoms in total. The summed E-state index contributed by atoms with van der Waals surface area (Å²) in [6.45, 7) is 0. The quantitative estimate of drug-likeness (QED) is 0.657. The van der Waals surface area contributed by atoms with Crippen LogP contribution in [0.1, 0.15) is 11.4 Å². The van der Waals surface area contributed by atoms with Crippen LogP contribution in [0, 0.1) is 11.3 Å². The van der Waals surface area contributed by atoms with Gasteiger partial charge < -0.3 is 4.57 Å². The monoisotopic (exact) mass is 328 g/mol. The Hall–Kier alpha value is -2.35. The number of para-hydroxylation sites is 2. The minimum absolute atomic E-state index is 0.383. The maximum Gasteiger partial charge on any atom is 0.151 e. The van der Waals surface area contributed by atoms with E-state index in [0.29, 0.717) is 27.0 Å². The van der Waals surface area contributed by atoms with E-state index < -0.39 is 0 Å². The van der Waals surface area contributed by atoms with Gasteiger partial charge in [0.1, 0.15) is 6.07 Å². The number of hydrogen-bond donors (Lipinski definition) is 0. The molecule has 108 valence electrons. The average Bonchev–Trinajstić information content (AvgIpc) is 2.85. The fraction of sp³-hybridized carbons (Fsp3) is 0.0625. The number of imidazole rings is 1. The van der Waals surface area contributed by atoms with E-state index in [0.717, 1.165) is 11.0 Å². The fourth-order valence-electron chi connectivity index (χ4n) is 2.24. The van der Waals surface area contributed by atoms with Crippen LogP contribution in [0.5, 0.6) is 0 Å². The molecule has 0 aliphatic carbocycles. The van der Waals surface area contributed by atoms with Crippen LogP contribution >= 0.6 is 23.2 Å². The first-order valence-electron chi connectivity index (χ1n) is 6.44. The second-order valence-electron chi connectivity index (χ2n) is 4.67. The Labute approximate surface area is 137 Å². The minimum Gasteiger partial charge on any atom is -0.327 e. The molecule has 0 unspecified atom stereocenters. The van der Waals surface area contributed by atoms with Gasteiger partial charge in [-0.2, -0.15) is 5.26 Å². The van der Waals surface area contributed by atoms with Gasteiger partial charge in [-0.25, -0.2) is 4.98 Å². The lowest BCUT2D eigenvalue weighted by Crippen LogP contribution is -1.96. The Morgan fingerprint density at radius 3 is 2.55 bits per heavy atom. The highest BCUT2D eigenvalue weighted by atomic mass is 35.5. The molecule has 0 spiro atoms. The van der Waals surface area contributed by atoms with Crippen LogP contribution in [-0.4, -0.2) is 14.5 Å². The number of nitriles is 1. The SMILES string of the molecule is Cn1c(/C(C#N)=C/c2c(Cl)cncc2Cl)nc2ccccc21. The summed E-state index contributed by atoms with van der Waals surface area (Å²) in [5, 5.41) is 10.3. The van der Waals surface area contributed by atoms with Gasteiger partial charge in [0.05, 0.1) is 26.7 Å². The first kappa shape index (κ1) is 14.6. The van der Waals surface area contributed by atoms with E-state index in [9.17, 15) is 5.26 Å². The lowest BCUT2D eigenvalue weighted by molar-refractivity contribution is 0.925. The van der Waals surface area contributed by atoms with Crippen LogP contribution in [0.25, 0.3) is 22.7 Å². The molecule has 1 aromatic carbocycles. The Morgan fingerprint density at radius 2 is 1.91 bits per heavy atom. The normalized spacial score (nSPS) is 11.6. The molecule has 0 atom stereocenters. The third-order valence-electron chi connectivity index (χ3n) is 3.33. The first-order valence-corrected chi connectivity index (χ1v) is 7.20. The zero-order chi connectivity index (χ0) is 15.7. The Morgan fingerprint density at radius 1 is 1.23 bits per heavy atom. The zero-order valence-corrected chi connectivity index (χ0v) is 13.1. The third-order valence-corrected chi connectivity index (χ3v) is 3.93. The van der Waals surface area contributed by atoms with Gasteiger partial charge in [0, 0.05) is 25.0 Å². The minimum atomic E-state index is 0.383. The van der Waals surface area contributed by atoms with Crippen molar-refractivity contribution in [3.8, 4) is 6.07 Å². The number of aromatic nitrogens is 3. The molecule has 3 aromatic rings. The van der Waals surface area contributed by atoms with Crippen molar-refractivity contribution in [3.05, 3.63) is 58.1 Å². The van der Waals surface area contributed by atoms with Crippen molar-refractivity contribution in [2.24, 2.45) is 7.05 Å². The molecule has 0 radical (unpaired) electrons. The molecule has 0 aliphatic rings. The Balaban J connectivity index is 2.21. The largest absolute Gasteiger partial charge is 0.327 e. The number of allylic oxidation sites excluding steroid dienone is 1. The topological polar surface area (TPSA) is 54.5 Å². The molecule has 2 heterocycles. The van der Waals surface area contributed by atoms with Gasteiger partial charge in [-0.1, -0.05) is 35.3 Å². The summed E-state index contributed by atoms with van der Waals surface area (Å²) >= 11 is 12.2. The van der Waals surface area contributed by atoms with E-state index in [-0.39, 0.29) is 0 Å². The van der Waals surface area contributed by atoms with Gasteiger partial charge in [-0.05, 0) is 18.2 Å². The first-order chi connectivity index (χ1) is 10.6. The summed E-state index contributed by atoms with van der Waals surface area (Å²) < 4.78 is 1.87. The van der Waals surface area contributed by atoms with E-state index in [4.69, 9.17) is 23.2 Å². The van der Waals surface area contributed by atoms with Gasteiger partial charge >= 0.3 is 0 Å². The number of halogens is 2. The lowest BCUT2D eigenvalue weighted by atomic mass is 10.1. The fourth-order valence-corrected chi connectivity index (χ4v) is 2.71. The summed E-state index contributed by atoms with van der Waals surface area (Å²) in [7, 11) is 1.87. The number of aryl methyl sites for hydroxylation is 1. The standard InChI is InChI=1S/C16H10Cl2N4/c1-22-15-5-3-2-4-14(15)21-16(22)10(7-19)6-11-12(17)8-20-9-13(11)18/h2-6,8-9H,1H3/b10-6+. The maximum atomic E-state index is 9.50. The second kappa shape index (κ2) is 5.80. The van der Waals surface area contributed by atoms with Crippen LogP contribution in [0.2, 0.25) is 10.0 Å². The van der Waals surface area contributed by atoms with Gasteiger partial charge in [0.15, 0.2) is 5.82 Å². The molecular weight excluding hydrogens is 319 g/mol. The van der Waals surface area contributed by atoms with Gasteiger partial charge in [-0.15, -0.1) is 0 Å². The lowest BCUT2D eigenvalue weighted by Gasteiger charge is -2.03. The summed E-state index contributed by atoms with van der Waals surface area (Å²) in [5.41, 5.74) is 2.72. The number of nitrogens with zero attached hydrogens (tertiary/aromatic N) is 4. The van der Waals surface area contributed by atoms with Gasteiger partial charge in [0.25, 0.3) is 0 Å². The number of fused-ring (bicyclic) bond motifs is 1. The molecule has 22 heavy (non-hydrogen) atoms. The second-order valence-corrected chi connectivity index (χ2v) is 5.48. The van der Waals surface area contributed by atoms with Crippen molar-refractivity contribution in [2.75, 3.05) is 0 Å². The highest BCUT2D eigenvalue weighted by Crippen LogP contribution is 2.28. The molecule has 3 rings (SSSR count). The molecular formula is C16H10Cl2N4. The highest BCUT2D eigenvalue weighted by Gasteiger charge is 2.13. The van der Waals surface area contributed by atoms with Crippen molar-refractivity contribution >= 4 is 45.9 Å². The van der Waals surface area contributed by atoms with E-state index in [1.807, 2.05) is 35.9 Å². The highest BCUT2D eigenvalue weighted by molar-refractivity contribution is 6.37. The Bertz CT molecular complexity index is 915. The van der Waals surface area contributed by atoms with E-state index >= 15 is 0 Å². The van der Waals surface area contributed by atoms with Crippen molar-refractivity contribution in [2.45, 2.75) is 0 Å². The van der Waals surface area contributed by atoms with E-state index in [1.165, 1.54) is 12.4 Å². The van der Waals surface area contributed by atoms with Crippen molar-refractivity contribution in [3.63, 3.8) is 0 Å². The van der Waals surface area contributed by atoms with Crippen molar-refractivity contribution < 1.29 is 0 Å². The van der Waals surface area contributed by atoms with Gasteiger partial charge in [-0.3, -0.25) is 4.98 Å². The summed E-state index contributed by atoms with van der Waals surface area (Å²) in [6.07, 6.45) is 4.61. The molecule has 2 aromatic heterocycles. The summed E-state index contributed by atoms with van der Waals surface area (Å²) in [4.78, 5) is 8.42. The van der Waals surface area contributed by atoms with Gasteiger partial charge in [0.2, 0.25) is 0 Å². The van der Waals surface area contributed by atoms with Crippen LogP contribution < -0.4 is 0 Å². The predicted octanol–water partition coefficient (Wildman–Crippen LogP) is 4.34. The van der Waals surface area contributed by atoms with Crippen molar-refractivity contribution in [1.29, 1.82) is 5.26 Å². The molecule has 0 aliphatic heterocycles. The molecule has 0 saturated heterocycles. The molecule has 0 amide bonds. The average molecular weight is 329 g/mol. The Kier molecular flexibility index (Phi) is 3.84. The van der Waals surface area contributed by atoms with Crippen LogP contribution in [0.4, 0.5) is 0 Å². The number of benzene rings is 1. The van der Waals surface area contributed by atoms with Crippen molar-refractivity contribution in [1.82, 2.24) is 14.5 Å². The maximum absolute atomic E-state index is 9.50.